The highest BCUT2D eigenvalue weighted by Gasteiger charge is 3.01. The molecule has 0 radical (unpaired) electrons. The summed E-state index contributed by atoms with van der Waals surface area (Å²) in [6, 6.07) is 0. The second kappa shape index (κ2) is 15.0. The number of halogens is 33. The molecule has 0 saturated heterocycles. The smallest absolute Gasteiger partial charge is 0.460 e. The highest BCUT2D eigenvalue weighted by atomic mass is 31.2. The summed E-state index contributed by atoms with van der Waals surface area (Å²) in [5, 5.41) is 0. The fraction of sp³-hybridized carbons (Fsp3) is 1.00. The number of hydrogen-bond acceptors (Lipinski definition) is 4. The van der Waals surface area contributed by atoms with Gasteiger partial charge in [0.25, 0.3) is 0 Å². The van der Waals surface area contributed by atoms with Crippen LogP contribution in [0.15, 0.2) is 0 Å². The van der Waals surface area contributed by atoms with E-state index < -0.39 is 116 Å². The molecule has 0 spiro atoms. The molecule has 0 aliphatic heterocycles. The molecular formula is C18H12F33N2O4P. The van der Waals surface area contributed by atoms with Crippen LogP contribution in [0.3, 0.4) is 0 Å². The lowest BCUT2D eigenvalue weighted by Gasteiger charge is -2.47. The monoisotopic (exact) mass is 978 g/mol. The van der Waals surface area contributed by atoms with Crippen LogP contribution in [0.1, 0.15) is 6.42 Å². The molecule has 0 atom stereocenters. The number of phosphoric ester groups is 1. The van der Waals surface area contributed by atoms with Crippen LogP contribution in [-0.2, 0) is 9.09 Å². The van der Waals surface area contributed by atoms with E-state index in [1.165, 1.54) is 0 Å². The van der Waals surface area contributed by atoms with E-state index in [2.05, 4.69) is 4.52 Å². The Labute approximate surface area is 293 Å². The molecule has 0 rings (SSSR count). The highest BCUT2D eigenvalue weighted by molar-refractivity contribution is 7.43. The van der Waals surface area contributed by atoms with E-state index in [1.54, 1.807) is 0 Å². The van der Waals surface area contributed by atoms with Crippen LogP contribution in [0.5, 0.6) is 0 Å². The molecule has 0 amide bonds. The first-order valence-electron chi connectivity index (χ1n) is 11.9. The summed E-state index contributed by atoms with van der Waals surface area (Å²) in [5.41, 5.74) is 0. The van der Waals surface area contributed by atoms with Gasteiger partial charge >= 0.3 is 95.0 Å². The molecule has 0 heterocycles. The van der Waals surface area contributed by atoms with Gasteiger partial charge in [-0.25, -0.2) is 0 Å². The zero-order valence-corrected chi connectivity index (χ0v) is 26.9. The lowest BCUT2D eigenvalue weighted by molar-refractivity contribution is -0.491. The van der Waals surface area contributed by atoms with Crippen LogP contribution >= 0.6 is 7.82 Å². The van der Waals surface area contributed by atoms with E-state index in [0.29, 0.717) is 0 Å². The molecule has 0 aromatic heterocycles. The Morgan fingerprint density at radius 3 is 0.621 bits per heavy atom. The Bertz CT molecular complexity index is 1480. The number of hydrogen-bond donors (Lipinski definition) is 2. The maximum absolute atomic E-state index is 13.9. The van der Waals surface area contributed by atoms with Gasteiger partial charge in [-0.15, -0.1) is 0 Å². The topological polar surface area (TPSA) is 145 Å². The van der Waals surface area contributed by atoms with Crippen molar-refractivity contribution in [1.82, 2.24) is 12.3 Å². The lowest BCUT2D eigenvalue weighted by Crippen LogP contribution is -2.80. The molecule has 8 N–H and O–H groups in total. The predicted molar refractivity (Wildman–Crippen MR) is 110 cm³/mol. The van der Waals surface area contributed by atoms with E-state index in [4.69, 9.17) is 0 Å². The van der Waals surface area contributed by atoms with Crippen LogP contribution in [0, 0.1) is 0 Å². The van der Waals surface area contributed by atoms with Gasteiger partial charge in [-0.3, -0.25) is 0 Å². The van der Waals surface area contributed by atoms with Gasteiger partial charge < -0.3 is 31.2 Å². The van der Waals surface area contributed by atoms with Crippen LogP contribution in [-0.4, -0.2) is 102 Å². The third-order valence-corrected chi connectivity index (χ3v) is 7.11. The molecule has 0 unspecified atom stereocenters. The van der Waals surface area contributed by atoms with Crippen molar-refractivity contribution in [2.75, 3.05) is 6.61 Å². The molecule has 0 saturated carbocycles. The van der Waals surface area contributed by atoms with Crippen LogP contribution < -0.4 is 22.1 Å². The van der Waals surface area contributed by atoms with E-state index in [-0.39, 0.29) is 12.3 Å². The first kappa shape index (κ1) is 60.0. The average molecular weight is 978 g/mol. The van der Waals surface area contributed by atoms with Crippen LogP contribution in [0.2, 0.25) is 0 Å². The molecule has 0 bridgehead atoms. The zero-order valence-electron chi connectivity index (χ0n) is 26.0. The second-order valence-corrected chi connectivity index (χ2v) is 11.4. The van der Waals surface area contributed by atoms with E-state index >= 15 is 0 Å². The molecule has 0 aliphatic carbocycles. The first-order valence-corrected chi connectivity index (χ1v) is 13.3. The zero-order chi connectivity index (χ0) is 46.6. The summed E-state index contributed by atoms with van der Waals surface area (Å²) in [6.45, 7) is -2.91. The van der Waals surface area contributed by atoms with Crippen molar-refractivity contribution in [3.63, 3.8) is 0 Å². The maximum Gasteiger partial charge on any atom is 0.460 e. The number of rotatable bonds is 18. The molecule has 0 fully saturated rings. The van der Waals surface area contributed by atoms with E-state index in [9.17, 15) is 159 Å². The number of phosphoric acid groups is 1. The van der Waals surface area contributed by atoms with Crippen LogP contribution in [0.4, 0.5) is 145 Å². The Balaban J connectivity index is -0.0000151. The minimum Gasteiger partial charge on any atom is -0.790 e. The minimum atomic E-state index is -10.3. The Kier molecular flexibility index (Phi) is 15.5. The molecular weight excluding hydrogens is 966 g/mol. The second-order valence-electron chi connectivity index (χ2n) is 10.3. The summed E-state index contributed by atoms with van der Waals surface area (Å²) in [4.78, 5) is 20.1. The van der Waals surface area contributed by atoms with Crippen molar-refractivity contribution in [3.8, 4) is 0 Å². The largest absolute Gasteiger partial charge is 0.790 e. The molecule has 0 aromatic rings. The van der Waals surface area contributed by atoms with Gasteiger partial charge in [-0.1, -0.05) is 0 Å². The summed E-state index contributed by atoms with van der Waals surface area (Å²) >= 11 is 0. The molecule has 0 aromatic carbocycles. The summed E-state index contributed by atoms with van der Waals surface area (Å²) in [7, 11) is -6.67. The standard InChI is InChI=1S/C18H6F33O4P.2H3N/c19-3(20,1-2-55-56(52,53)54)4(21,22)5(23,24)6(25,26)7(27,28)8(29,30)9(31,32)10(33,34)11(35,36)12(37,38)13(39,40)14(41,42)15(43,44)16(45,46)17(47,48)18(49,50)51;;/h1-2H2,(H2,52,53,54);2*1H3. The van der Waals surface area contributed by atoms with Crippen molar-refractivity contribution in [2.45, 2.75) is 101 Å². The molecule has 354 valence electrons. The summed E-state index contributed by atoms with van der Waals surface area (Å²) in [6.07, 6.45) is -12.1. The summed E-state index contributed by atoms with van der Waals surface area (Å²) in [5.74, 6) is -144. The SMILES string of the molecule is O=P([O-])([O-])OCCC(F)(F)C(F)(F)C(F)(F)C(F)(F)C(F)(F)C(F)(F)C(F)(F)C(F)(F)C(F)(F)C(F)(F)C(F)(F)C(F)(F)C(F)(F)C(F)(F)C(F)(F)C(F)(F)F.[NH4+].[NH4+]. The number of quaternary nitrogens is 2. The van der Waals surface area contributed by atoms with Crippen molar-refractivity contribution in [3.05, 3.63) is 0 Å². The fourth-order valence-electron chi connectivity index (χ4n) is 3.22. The Morgan fingerprint density at radius 1 is 0.310 bits per heavy atom. The van der Waals surface area contributed by atoms with Gasteiger partial charge in [-0.05, 0) is 0 Å². The highest BCUT2D eigenvalue weighted by Crippen LogP contribution is 2.70. The van der Waals surface area contributed by atoms with Gasteiger partial charge in [0, 0.05) is 6.42 Å². The lowest BCUT2D eigenvalue weighted by atomic mass is 9.82. The van der Waals surface area contributed by atoms with E-state index in [0.717, 1.165) is 0 Å². The van der Waals surface area contributed by atoms with E-state index in [1.807, 2.05) is 0 Å². The van der Waals surface area contributed by atoms with Crippen molar-refractivity contribution in [1.29, 1.82) is 0 Å². The van der Waals surface area contributed by atoms with Crippen molar-refractivity contribution >= 4 is 7.82 Å². The van der Waals surface area contributed by atoms with Crippen molar-refractivity contribution in [2.24, 2.45) is 0 Å². The third kappa shape index (κ3) is 7.54. The molecule has 40 heteroatoms. The predicted octanol–water partition coefficient (Wildman–Crippen LogP) is 10.1. The Hall–Kier alpha value is -2.28. The maximum atomic E-state index is 13.9. The molecule has 0 aliphatic rings. The number of alkyl halides is 33. The minimum absolute atomic E-state index is 0. The van der Waals surface area contributed by atoms with Crippen molar-refractivity contribution < 1.29 is 164 Å². The normalized spacial score (nSPS) is 16.5. The van der Waals surface area contributed by atoms with Gasteiger partial charge in [0.1, 0.15) is 0 Å². The fourth-order valence-corrected chi connectivity index (χ4v) is 3.53. The summed E-state index contributed by atoms with van der Waals surface area (Å²) < 4.78 is 458. The first-order chi connectivity index (χ1) is 23.5. The van der Waals surface area contributed by atoms with Crippen LogP contribution in [0.25, 0.3) is 0 Å². The molecule has 58 heavy (non-hydrogen) atoms. The van der Waals surface area contributed by atoms with Gasteiger partial charge in [0.15, 0.2) is 0 Å². The third-order valence-electron chi connectivity index (χ3n) is 6.61. The quantitative estimate of drug-likeness (QED) is 0.104. The Morgan fingerprint density at radius 2 is 0.466 bits per heavy atom. The van der Waals surface area contributed by atoms with Gasteiger partial charge in [0.2, 0.25) is 0 Å². The molecule has 6 nitrogen and oxygen atoms in total. The van der Waals surface area contributed by atoms with Gasteiger partial charge in [-0.2, -0.15) is 145 Å². The van der Waals surface area contributed by atoms with Gasteiger partial charge in [0.05, 0.1) is 14.4 Å². The average Bonchev–Trinajstić information content (AvgIpc) is 2.94.